The van der Waals surface area contributed by atoms with Gasteiger partial charge in [0.15, 0.2) is 5.82 Å². The zero-order valence-electron chi connectivity index (χ0n) is 37.8. The minimum atomic E-state index is 0.677. The lowest BCUT2D eigenvalue weighted by molar-refractivity contribution is 0.669. The molecular formula is C65H40N4O. The highest BCUT2D eigenvalue weighted by molar-refractivity contribution is 6.28. The Morgan fingerprint density at radius 3 is 1.57 bits per heavy atom. The van der Waals surface area contributed by atoms with Crippen LogP contribution in [0.2, 0.25) is 0 Å². The maximum Gasteiger partial charge on any atom is 0.160 e. The number of pyridine rings is 1. The molecule has 0 unspecified atom stereocenters. The van der Waals surface area contributed by atoms with Gasteiger partial charge in [0.2, 0.25) is 0 Å². The lowest BCUT2D eigenvalue weighted by atomic mass is 9.88. The molecule has 0 N–H and O–H groups in total. The molecule has 70 heavy (non-hydrogen) atoms. The van der Waals surface area contributed by atoms with Gasteiger partial charge in [0.25, 0.3) is 0 Å². The van der Waals surface area contributed by atoms with Gasteiger partial charge in [-0.05, 0) is 77.4 Å². The summed E-state index contributed by atoms with van der Waals surface area (Å²) in [6.45, 7) is 0. The van der Waals surface area contributed by atoms with Gasteiger partial charge in [-0.1, -0.05) is 182 Å². The van der Waals surface area contributed by atoms with Crippen molar-refractivity contribution in [3.05, 3.63) is 243 Å². The first kappa shape index (κ1) is 39.7. The molecule has 0 saturated heterocycles. The zero-order chi connectivity index (χ0) is 46.1. The first-order valence-electron chi connectivity index (χ1n) is 23.7. The van der Waals surface area contributed by atoms with Gasteiger partial charge < -0.3 is 8.98 Å². The molecule has 14 aromatic rings. The van der Waals surface area contributed by atoms with E-state index in [1.807, 2.05) is 24.3 Å². The fourth-order valence-electron chi connectivity index (χ4n) is 10.6. The van der Waals surface area contributed by atoms with Crippen molar-refractivity contribution in [3.8, 4) is 73.1 Å². The van der Waals surface area contributed by atoms with E-state index < -0.39 is 0 Å². The third-order valence-electron chi connectivity index (χ3n) is 13.8. The summed E-state index contributed by atoms with van der Waals surface area (Å²) < 4.78 is 9.05. The first-order chi connectivity index (χ1) is 34.7. The smallest absolute Gasteiger partial charge is 0.160 e. The third kappa shape index (κ3) is 6.51. The molecule has 0 spiro atoms. The van der Waals surface area contributed by atoms with Crippen LogP contribution < -0.4 is 0 Å². The molecule has 0 atom stereocenters. The SMILES string of the molecule is c1ccc(-c2nc(-c3ccc(-n4c5ccccc5c5ccccc54)cc3)cc(-c3cccc(-c4cccc(-c5c6c(cc7c(-c8ccccc8)nc8ccccc8c57)oc5ccccc56)c4)c3)n2)cc1. The number of furan rings is 1. The van der Waals surface area contributed by atoms with Crippen LogP contribution >= 0.6 is 0 Å². The molecular weight excluding hydrogens is 853 g/mol. The molecule has 14 rings (SSSR count). The summed E-state index contributed by atoms with van der Waals surface area (Å²) in [6.07, 6.45) is 0. The molecule has 0 amide bonds. The van der Waals surface area contributed by atoms with Crippen LogP contribution in [0.3, 0.4) is 0 Å². The Bertz CT molecular complexity index is 4290. The van der Waals surface area contributed by atoms with Crippen molar-refractivity contribution in [2.24, 2.45) is 0 Å². The van der Waals surface area contributed by atoms with Crippen molar-refractivity contribution in [2.45, 2.75) is 0 Å². The summed E-state index contributed by atoms with van der Waals surface area (Å²) in [6, 6.07) is 85.6. The maximum atomic E-state index is 6.70. The number of nitrogens with zero attached hydrogens (tertiary/aromatic N) is 4. The molecule has 0 aliphatic carbocycles. The highest BCUT2D eigenvalue weighted by atomic mass is 16.3. The minimum absolute atomic E-state index is 0.677. The number of para-hydroxylation sites is 4. The normalized spacial score (nSPS) is 11.7. The van der Waals surface area contributed by atoms with Gasteiger partial charge in [-0.3, -0.25) is 0 Å². The maximum absolute atomic E-state index is 6.70. The molecule has 0 aliphatic rings. The van der Waals surface area contributed by atoms with Crippen LogP contribution in [0.4, 0.5) is 0 Å². The summed E-state index contributed by atoms with van der Waals surface area (Å²) in [4.78, 5) is 15.8. The van der Waals surface area contributed by atoms with Gasteiger partial charge in [0.1, 0.15) is 11.2 Å². The Labute approximate surface area is 403 Å². The largest absolute Gasteiger partial charge is 0.456 e. The monoisotopic (exact) mass is 892 g/mol. The lowest BCUT2D eigenvalue weighted by Crippen LogP contribution is -1.97. The van der Waals surface area contributed by atoms with Gasteiger partial charge in [0.05, 0.1) is 33.6 Å². The molecule has 0 fully saturated rings. The summed E-state index contributed by atoms with van der Waals surface area (Å²) in [5.74, 6) is 0.677. The lowest BCUT2D eigenvalue weighted by Gasteiger charge is -2.16. The van der Waals surface area contributed by atoms with Crippen LogP contribution in [0.1, 0.15) is 0 Å². The molecule has 4 aromatic heterocycles. The van der Waals surface area contributed by atoms with Crippen molar-refractivity contribution in [1.82, 2.24) is 19.5 Å². The summed E-state index contributed by atoms with van der Waals surface area (Å²) in [5, 5.41) is 7.96. The number of hydrogen-bond donors (Lipinski definition) is 0. The van der Waals surface area contributed by atoms with E-state index in [1.54, 1.807) is 0 Å². The van der Waals surface area contributed by atoms with Gasteiger partial charge in [-0.15, -0.1) is 0 Å². The second-order valence-corrected chi connectivity index (χ2v) is 17.9. The predicted molar refractivity (Wildman–Crippen MR) is 289 cm³/mol. The molecule has 326 valence electrons. The highest BCUT2D eigenvalue weighted by Crippen LogP contribution is 2.47. The van der Waals surface area contributed by atoms with Crippen LogP contribution in [0.15, 0.2) is 247 Å². The van der Waals surface area contributed by atoms with Crippen molar-refractivity contribution < 1.29 is 4.42 Å². The second-order valence-electron chi connectivity index (χ2n) is 17.9. The molecule has 0 radical (unpaired) electrons. The number of rotatable bonds is 7. The molecule has 10 aromatic carbocycles. The zero-order valence-corrected chi connectivity index (χ0v) is 37.8. The quantitative estimate of drug-likeness (QED) is 0.150. The third-order valence-corrected chi connectivity index (χ3v) is 13.8. The van der Waals surface area contributed by atoms with Gasteiger partial charge in [-0.25, -0.2) is 15.0 Å². The Hall–Kier alpha value is -9.45. The van der Waals surface area contributed by atoms with Crippen molar-refractivity contribution in [2.75, 3.05) is 0 Å². The van der Waals surface area contributed by atoms with Crippen molar-refractivity contribution in [3.63, 3.8) is 0 Å². The molecule has 0 aliphatic heterocycles. The van der Waals surface area contributed by atoms with Gasteiger partial charge in [0, 0.05) is 71.2 Å². The van der Waals surface area contributed by atoms with Crippen molar-refractivity contribution in [1.29, 1.82) is 0 Å². The van der Waals surface area contributed by atoms with Crippen LogP contribution in [-0.4, -0.2) is 19.5 Å². The minimum Gasteiger partial charge on any atom is -0.456 e. The summed E-state index contributed by atoms with van der Waals surface area (Å²) in [5.41, 5.74) is 17.2. The van der Waals surface area contributed by atoms with Gasteiger partial charge >= 0.3 is 0 Å². The Morgan fingerprint density at radius 1 is 0.314 bits per heavy atom. The van der Waals surface area contributed by atoms with Crippen LogP contribution in [0, 0.1) is 0 Å². The Kier molecular flexibility index (Phi) is 9.14. The molecule has 5 nitrogen and oxygen atoms in total. The molecule has 0 bridgehead atoms. The van der Waals surface area contributed by atoms with E-state index >= 15 is 0 Å². The van der Waals surface area contributed by atoms with Crippen molar-refractivity contribution >= 4 is 65.4 Å². The average molecular weight is 893 g/mol. The van der Waals surface area contributed by atoms with E-state index in [0.717, 1.165) is 111 Å². The van der Waals surface area contributed by atoms with Gasteiger partial charge in [-0.2, -0.15) is 0 Å². The Balaban J connectivity index is 0.914. The van der Waals surface area contributed by atoms with E-state index in [9.17, 15) is 0 Å². The summed E-state index contributed by atoms with van der Waals surface area (Å²) in [7, 11) is 0. The van der Waals surface area contributed by atoms with Crippen LogP contribution in [0.25, 0.3) is 139 Å². The van der Waals surface area contributed by atoms with E-state index in [0.29, 0.717) is 5.82 Å². The predicted octanol–water partition coefficient (Wildman–Crippen LogP) is 17.2. The summed E-state index contributed by atoms with van der Waals surface area (Å²) >= 11 is 0. The fraction of sp³-hybridized carbons (Fsp3) is 0. The molecule has 5 heteroatoms. The standard InChI is InChI=1S/C65H40N4O/c1-3-17-42(18-4-1)64-53-39-60-63(52-28-10-14-32-59(52)70-60)61(62(53)51-27-7-11-29-54(51)66-64)47-24-16-22-45(38-47)44-21-15-23-46(37-44)56-40-55(67-65(68-56)43-19-5-2-6-20-43)41-33-35-48(36-34-41)69-57-30-12-8-25-49(57)50-26-9-13-31-58(50)69/h1-40H. The fourth-order valence-corrected chi connectivity index (χ4v) is 10.6. The number of benzene rings is 10. The van der Waals surface area contributed by atoms with Crippen LogP contribution in [0.5, 0.6) is 0 Å². The topological polar surface area (TPSA) is 56.7 Å². The van der Waals surface area contributed by atoms with E-state index in [-0.39, 0.29) is 0 Å². The van der Waals surface area contributed by atoms with Crippen LogP contribution in [-0.2, 0) is 0 Å². The number of fused-ring (bicyclic) bond motifs is 9. The highest BCUT2D eigenvalue weighted by Gasteiger charge is 2.22. The molecule has 0 saturated carbocycles. The average Bonchev–Trinajstić information content (AvgIpc) is 3.98. The van der Waals surface area contributed by atoms with E-state index in [2.05, 4.69) is 223 Å². The number of aromatic nitrogens is 4. The number of hydrogen-bond acceptors (Lipinski definition) is 4. The Morgan fingerprint density at radius 2 is 0.857 bits per heavy atom. The van der Waals surface area contributed by atoms with E-state index in [1.165, 1.54) is 21.8 Å². The second kappa shape index (κ2) is 16.1. The first-order valence-corrected chi connectivity index (χ1v) is 23.7. The molecule has 4 heterocycles. The van der Waals surface area contributed by atoms with E-state index in [4.69, 9.17) is 19.4 Å².